The van der Waals surface area contributed by atoms with Gasteiger partial charge >= 0.3 is 6.09 Å². The zero-order valence-corrected chi connectivity index (χ0v) is 13.3. The largest absolute Gasteiger partial charge is 0.453 e. The average Bonchev–Trinajstić information content (AvgIpc) is 3.31. The summed E-state index contributed by atoms with van der Waals surface area (Å²) in [7, 11) is 1.39. The Morgan fingerprint density at radius 1 is 1.35 bits per heavy atom. The maximum Gasteiger partial charge on any atom is 0.409 e. The van der Waals surface area contributed by atoms with Gasteiger partial charge < -0.3 is 19.5 Å². The van der Waals surface area contributed by atoms with E-state index in [-0.39, 0.29) is 12.0 Å². The highest BCUT2D eigenvalue weighted by Gasteiger charge is 2.29. The molecule has 0 bridgehead atoms. The molecule has 2 fully saturated rings. The van der Waals surface area contributed by atoms with Gasteiger partial charge in [-0.05, 0) is 12.8 Å². The van der Waals surface area contributed by atoms with Crippen molar-refractivity contribution in [2.75, 3.05) is 46.4 Å². The summed E-state index contributed by atoms with van der Waals surface area (Å²) in [6, 6.07) is 1.74. The average molecular weight is 322 g/mol. The molecule has 0 radical (unpaired) electrons. The second-order valence-corrected chi connectivity index (χ2v) is 5.94. The summed E-state index contributed by atoms with van der Waals surface area (Å²) in [6.07, 6.45) is 1.96. The molecular weight excluding hydrogens is 300 g/mol. The van der Waals surface area contributed by atoms with Gasteiger partial charge in [0.05, 0.1) is 7.11 Å². The van der Waals surface area contributed by atoms with Crippen LogP contribution in [0.25, 0.3) is 0 Å². The molecule has 2 heterocycles. The molecule has 0 atom stereocenters. The number of hydrogen-bond acceptors (Lipinski definition) is 6. The summed E-state index contributed by atoms with van der Waals surface area (Å²) in [6.45, 7) is 4.14. The highest BCUT2D eigenvalue weighted by molar-refractivity contribution is 5.92. The van der Waals surface area contributed by atoms with Gasteiger partial charge in [0.1, 0.15) is 5.76 Å². The van der Waals surface area contributed by atoms with Gasteiger partial charge in [0.25, 0.3) is 5.91 Å². The molecule has 1 aliphatic carbocycles. The molecule has 2 aliphatic rings. The minimum Gasteiger partial charge on any atom is -0.453 e. The Bertz CT molecular complexity index is 562. The summed E-state index contributed by atoms with van der Waals surface area (Å²) in [5, 5.41) is 6.68. The van der Waals surface area contributed by atoms with Crippen LogP contribution in [0, 0.1) is 0 Å². The first-order valence-corrected chi connectivity index (χ1v) is 7.97. The second kappa shape index (κ2) is 6.99. The number of ether oxygens (including phenoxy) is 1. The van der Waals surface area contributed by atoms with E-state index >= 15 is 0 Å². The molecule has 1 aliphatic heterocycles. The number of nitrogens with one attached hydrogen (secondary N) is 1. The molecule has 1 aromatic heterocycles. The molecule has 1 N–H and O–H groups in total. The minimum absolute atomic E-state index is 0.200. The Kier molecular flexibility index (Phi) is 4.80. The SMILES string of the molecule is COC(=O)N1CCN(CCNC(=O)c2cc(C3CC3)on2)CC1. The second-order valence-electron chi connectivity index (χ2n) is 5.94. The van der Waals surface area contributed by atoms with Crippen LogP contribution in [-0.4, -0.2) is 73.3 Å². The van der Waals surface area contributed by atoms with Gasteiger partial charge in [0.15, 0.2) is 5.69 Å². The number of methoxy groups -OCH3 is 1. The highest BCUT2D eigenvalue weighted by atomic mass is 16.5. The van der Waals surface area contributed by atoms with Crippen LogP contribution >= 0.6 is 0 Å². The lowest BCUT2D eigenvalue weighted by molar-refractivity contribution is 0.0881. The fourth-order valence-electron chi connectivity index (χ4n) is 2.66. The first-order chi connectivity index (χ1) is 11.2. The van der Waals surface area contributed by atoms with Gasteiger partial charge in [-0.3, -0.25) is 9.69 Å². The maximum atomic E-state index is 12.0. The molecule has 1 saturated heterocycles. The van der Waals surface area contributed by atoms with Crippen molar-refractivity contribution in [2.24, 2.45) is 0 Å². The van der Waals surface area contributed by atoms with Gasteiger partial charge in [-0.1, -0.05) is 5.16 Å². The van der Waals surface area contributed by atoms with Crippen molar-refractivity contribution in [1.82, 2.24) is 20.3 Å². The van der Waals surface area contributed by atoms with E-state index in [1.54, 1.807) is 11.0 Å². The van der Waals surface area contributed by atoms with Gasteiger partial charge in [-0.25, -0.2) is 4.79 Å². The van der Waals surface area contributed by atoms with Crippen LogP contribution in [0.1, 0.15) is 35.0 Å². The zero-order valence-electron chi connectivity index (χ0n) is 13.3. The number of aromatic nitrogens is 1. The molecular formula is C15H22N4O4. The number of hydrogen-bond donors (Lipinski definition) is 1. The summed E-state index contributed by atoms with van der Waals surface area (Å²) < 4.78 is 9.89. The summed E-state index contributed by atoms with van der Waals surface area (Å²) in [5.41, 5.74) is 0.349. The predicted octanol–water partition coefficient (Wildman–Crippen LogP) is 0.666. The number of amides is 2. The van der Waals surface area contributed by atoms with Crippen molar-refractivity contribution in [3.8, 4) is 0 Å². The monoisotopic (exact) mass is 322 g/mol. The molecule has 8 heteroatoms. The molecule has 1 aromatic rings. The van der Waals surface area contributed by atoms with E-state index in [0.717, 1.165) is 38.2 Å². The lowest BCUT2D eigenvalue weighted by Gasteiger charge is -2.33. The topological polar surface area (TPSA) is 87.9 Å². The third-order valence-electron chi connectivity index (χ3n) is 4.26. The molecule has 126 valence electrons. The summed E-state index contributed by atoms with van der Waals surface area (Å²) >= 11 is 0. The minimum atomic E-state index is -0.282. The van der Waals surface area contributed by atoms with E-state index < -0.39 is 0 Å². The molecule has 3 rings (SSSR count). The van der Waals surface area contributed by atoms with E-state index in [2.05, 4.69) is 15.4 Å². The predicted molar refractivity (Wildman–Crippen MR) is 81.2 cm³/mol. The van der Waals surface area contributed by atoms with Crippen LogP contribution in [0.4, 0.5) is 4.79 Å². The third-order valence-corrected chi connectivity index (χ3v) is 4.26. The van der Waals surface area contributed by atoms with Crippen molar-refractivity contribution in [1.29, 1.82) is 0 Å². The van der Waals surface area contributed by atoms with Gasteiger partial charge in [0, 0.05) is 51.3 Å². The quantitative estimate of drug-likeness (QED) is 0.857. The fraction of sp³-hybridized carbons (Fsp3) is 0.667. The zero-order chi connectivity index (χ0) is 16.2. The molecule has 0 spiro atoms. The first kappa shape index (κ1) is 15.8. The van der Waals surface area contributed by atoms with Crippen molar-refractivity contribution in [3.63, 3.8) is 0 Å². The van der Waals surface area contributed by atoms with Crippen LogP contribution in [-0.2, 0) is 4.74 Å². The van der Waals surface area contributed by atoms with Gasteiger partial charge in [-0.2, -0.15) is 0 Å². The molecule has 8 nitrogen and oxygen atoms in total. The van der Waals surface area contributed by atoms with Gasteiger partial charge in [0.2, 0.25) is 0 Å². The van der Waals surface area contributed by atoms with E-state index in [0.29, 0.717) is 31.2 Å². The Labute approximate surface area is 134 Å². The number of carbonyl (C=O) groups is 2. The molecule has 0 aromatic carbocycles. The number of piperazine rings is 1. The Morgan fingerprint density at radius 2 is 2.09 bits per heavy atom. The Balaban J connectivity index is 1.36. The third kappa shape index (κ3) is 4.01. The molecule has 2 amide bonds. The summed E-state index contributed by atoms with van der Waals surface area (Å²) in [5.74, 6) is 1.07. The van der Waals surface area contributed by atoms with E-state index in [9.17, 15) is 9.59 Å². The van der Waals surface area contributed by atoms with Crippen LogP contribution in [0.15, 0.2) is 10.6 Å². The van der Waals surface area contributed by atoms with Gasteiger partial charge in [-0.15, -0.1) is 0 Å². The van der Waals surface area contributed by atoms with E-state index in [1.807, 2.05) is 0 Å². The lowest BCUT2D eigenvalue weighted by atomic mass is 10.3. The number of rotatable bonds is 5. The van der Waals surface area contributed by atoms with Crippen LogP contribution < -0.4 is 5.32 Å². The van der Waals surface area contributed by atoms with Crippen molar-refractivity contribution in [3.05, 3.63) is 17.5 Å². The maximum absolute atomic E-state index is 12.0. The smallest absolute Gasteiger partial charge is 0.409 e. The van der Waals surface area contributed by atoms with Crippen molar-refractivity contribution < 1.29 is 18.8 Å². The number of nitrogens with zero attached hydrogens (tertiary/aromatic N) is 3. The summed E-state index contributed by atoms with van der Waals surface area (Å²) in [4.78, 5) is 27.3. The highest BCUT2D eigenvalue weighted by Crippen LogP contribution is 2.40. The Morgan fingerprint density at radius 3 is 2.74 bits per heavy atom. The van der Waals surface area contributed by atoms with Crippen LogP contribution in [0.2, 0.25) is 0 Å². The Hall–Kier alpha value is -2.09. The van der Waals surface area contributed by atoms with Crippen LogP contribution in [0.5, 0.6) is 0 Å². The molecule has 23 heavy (non-hydrogen) atoms. The number of carbonyl (C=O) groups excluding carboxylic acids is 2. The van der Waals surface area contributed by atoms with Crippen molar-refractivity contribution in [2.45, 2.75) is 18.8 Å². The fourth-order valence-corrected chi connectivity index (χ4v) is 2.66. The molecule has 0 unspecified atom stereocenters. The molecule has 1 saturated carbocycles. The lowest BCUT2D eigenvalue weighted by Crippen LogP contribution is -2.50. The normalized spacial score (nSPS) is 18.7. The van der Waals surface area contributed by atoms with Crippen LogP contribution in [0.3, 0.4) is 0 Å². The first-order valence-electron chi connectivity index (χ1n) is 7.97. The van der Waals surface area contributed by atoms with Crippen molar-refractivity contribution >= 4 is 12.0 Å². The standard InChI is InChI=1S/C15H22N4O4/c1-22-15(21)19-8-6-18(7-9-19)5-4-16-14(20)12-10-13(23-17-12)11-2-3-11/h10-11H,2-9H2,1H3,(H,16,20). The van der Waals surface area contributed by atoms with E-state index in [1.165, 1.54) is 7.11 Å². The van der Waals surface area contributed by atoms with E-state index in [4.69, 9.17) is 9.26 Å².